The number of benzene rings is 1. The highest BCUT2D eigenvalue weighted by Gasteiger charge is 2.31. The highest BCUT2D eigenvalue weighted by Crippen LogP contribution is 2.35. The topological polar surface area (TPSA) is 80.1 Å². The number of para-hydroxylation sites is 2. The van der Waals surface area contributed by atoms with E-state index in [1.54, 1.807) is 4.90 Å². The molecule has 1 N–H and O–H groups in total. The van der Waals surface area contributed by atoms with Gasteiger partial charge in [-0.25, -0.2) is 0 Å². The van der Waals surface area contributed by atoms with Gasteiger partial charge < -0.3 is 9.88 Å². The number of hydrogen-bond donors (Lipinski definition) is 1. The maximum Gasteiger partial charge on any atom is 0.244 e. The number of carbonyl (C=O) groups excluding carboxylic acids is 2. The summed E-state index contributed by atoms with van der Waals surface area (Å²) >= 11 is 1.39. The van der Waals surface area contributed by atoms with Crippen LogP contribution in [0.2, 0.25) is 0 Å². The molecule has 1 saturated carbocycles. The van der Waals surface area contributed by atoms with Crippen molar-refractivity contribution in [1.82, 2.24) is 14.8 Å². The number of carbonyl (C=O) groups is 2. The van der Waals surface area contributed by atoms with Crippen molar-refractivity contribution >= 4 is 35.0 Å². The third-order valence-corrected chi connectivity index (χ3v) is 6.76. The zero-order valence-electron chi connectivity index (χ0n) is 17.2. The van der Waals surface area contributed by atoms with Crippen LogP contribution in [0.15, 0.2) is 42.1 Å². The summed E-state index contributed by atoms with van der Waals surface area (Å²) in [5.74, 6) is 1.12. The lowest BCUT2D eigenvalue weighted by atomic mass is 9.89. The Balaban J connectivity index is 1.54. The van der Waals surface area contributed by atoms with Crippen LogP contribution in [0.25, 0.3) is 0 Å². The molecule has 2 amide bonds. The summed E-state index contributed by atoms with van der Waals surface area (Å²) < 4.78 is 2.09. The van der Waals surface area contributed by atoms with Crippen LogP contribution < -0.4 is 10.2 Å². The molecule has 0 unspecified atom stereocenters. The van der Waals surface area contributed by atoms with E-state index in [9.17, 15) is 9.59 Å². The molecule has 30 heavy (non-hydrogen) atoms. The van der Waals surface area contributed by atoms with Gasteiger partial charge in [-0.1, -0.05) is 49.2 Å². The Morgan fingerprint density at radius 3 is 2.83 bits per heavy atom. The second-order valence-corrected chi connectivity index (χ2v) is 9.13. The van der Waals surface area contributed by atoms with Crippen molar-refractivity contribution < 1.29 is 9.59 Å². The summed E-state index contributed by atoms with van der Waals surface area (Å²) in [6.07, 6.45) is 7.84. The monoisotopic (exact) mass is 425 g/mol. The van der Waals surface area contributed by atoms with Gasteiger partial charge in [0.05, 0.1) is 16.6 Å². The summed E-state index contributed by atoms with van der Waals surface area (Å²) in [5.41, 5.74) is 1.39. The number of nitrogens with zero attached hydrogens (tertiary/aromatic N) is 4. The molecule has 2 aliphatic rings. The average molecular weight is 426 g/mol. The third kappa shape index (κ3) is 4.14. The zero-order valence-corrected chi connectivity index (χ0v) is 18.0. The van der Waals surface area contributed by atoms with E-state index in [-0.39, 0.29) is 18.4 Å². The van der Waals surface area contributed by atoms with Crippen LogP contribution in [-0.2, 0) is 16.1 Å². The maximum atomic E-state index is 13.2. The summed E-state index contributed by atoms with van der Waals surface area (Å²) in [6.45, 7) is 6.38. The number of rotatable bonds is 6. The molecule has 1 aliphatic heterocycles. The first kappa shape index (κ1) is 20.7. The molecule has 1 fully saturated rings. The molecule has 158 valence electrons. The Bertz CT molecular complexity index is 951. The highest BCUT2D eigenvalue weighted by atomic mass is 32.2. The smallest absolute Gasteiger partial charge is 0.244 e. The minimum Gasteiger partial charge on any atom is -0.323 e. The lowest BCUT2D eigenvalue weighted by Gasteiger charge is -2.30. The Labute approximate surface area is 180 Å². The Morgan fingerprint density at radius 2 is 2.07 bits per heavy atom. The highest BCUT2D eigenvalue weighted by molar-refractivity contribution is 8.00. The minimum atomic E-state index is -0.407. The van der Waals surface area contributed by atoms with Gasteiger partial charge in [-0.2, -0.15) is 0 Å². The van der Waals surface area contributed by atoms with Crippen LogP contribution in [0, 0.1) is 0 Å². The summed E-state index contributed by atoms with van der Waals surface area (Å²) in [4.78, 5) is 26.9. The average Bonchev–Trinajstić information content (AvgIpc) is 3.15. The molecule has 4 rings (SSSR count). The minimum absolute atomic E-state index is 0.0212. The molecule has 1 atom stereocenters. The normalized spacial score (nSPS) is 17.9. The molecule has 0 saturated heterocycles. The number of amides is 2. The van der Waals surface area contributed by atoms with E-state index >= 15 is 0 Å². The van der Waals surface area contributed by atoms with Crippen LogP contribution in [0.1, 0.15) is 50.8 Å². The van der Waals surface area contributed by atoms with Crippen LogP contribution in [0.3, 0.4) is 0 Å². The van der Waals surface area contributed by atoms with E-state index in [1.165, 1.54) is 31.0 Å². The lowest BCUT2D eigenvalue weighted by molar-refractivity contribution is -0.121. The van der Waals surface area contributed by atoms with Gasteiger partial charge >= 0.3 is 0 Å². The molecule has 0 bridgehead atoms. The predicted octanol–water partition coefficient (Wildman–Crippen LogP) is 3.98. The fraction of sp³-hybridized carbons (Fsp3) is 0.455. The second-order valence-electron chi connectivity index (χ2n) is 7.82. The van der Waals surface area contributed by atoms with Gasteiger partial charge in [0.1, 0.15) is 12.4 Å². The molecule has 1 aromatic carbocycles. The van der Waals surface area contributed by atoms with E-state index in [0.717, 1.165) is 29.5 Å². The van der Waals surface area contributed by atoms with Crippen LogP contribution in [-0.4, -0.2) is 38.4 Å². The van der Waals surface area contributed by atoms with Crippen molar-refractivity contribution in [2.45, 2.75) is 61.9 Å². The number of fused-ring (bicyclic) bond motifs is 1. The van der Waals surface area contributed by atoms with Gasteiger partial charge in [-0.3, -0.25) is 14.5 Å². The maximum absolute atomic E-state index is 13.2. The molecule has 1 aliphatic carbocycles. The first-order valence-electron chi connectivity index (χ1n) is 10.5. The summed E-state index contributed by atoms with van der Waals surface area (Å²) in [6, 6.07) is 7.37. The third-order valence-electron chi connectivity index (χ3n) is 5.69. The van der Waals surface area contributed by atoms with Gasteiger partial charge in [0.25, 0.3) is 0 Å². The number of thioether (sulfide) groups is 1. The molecule has 1 aromatic heterocycles. The molecule has 2 aromatic rings. The van der Waals surface area contributed by atoms with Crippen LogP contribution in [0.5, 0.6) is 0 Å². The summed E-state index contributed by atoms with van der Waals surface area (Å²) in [7, 11) is 0. The number of aromatic nitrogens is 3. The Kier molecular flexibility index (Phi) is 6.22. The number of anilines is 2. The molecule has 8 heteroatoms. The van der Waals surface area contributed by atoms with Crippen molar-refractivity contribution in [3.63, 3.8) is 0 Å². The number of allylic oxidation sites excluding steroid dienone is 1. The van der Waals surface area contributed by atoms with Gasteiger partial charge in [0, 0.05) is 12.5 Å². The van der Waals surface area contributed by atoms with E-state index in [1.807, 2.05) is 37.3 Å². The molecule has 2 heterocycles. The number of hydrogen-bond acceptors (Lipinski definition) is 5. The molecular formula is C22H27N5O2S. The Hall–Kier alpha value is -2.61. The van der Waals surface area contributed by atoms with Crippen molar-refractivity contribution in [3.8, 4) is 0 Å². The standard InChI is InChI=1S/C22H27N5O2S/c1-3-13-26-20(16-9-5-4-6-10-16)24-25-22(26)30-15(2)21(29)27-14-19(28)23-17-11-7-8-12-18(17)27/h3,7-8,11-12,15-16H,1,4-6,9-10,13-14H2,2H3,(H,23,28)/t15-/m0/s1. The largest absolute Gasteiger partial charge is 0.323 e. The molecule has 0 spiro atoms. The first-order chi connectivity index (χ1) is 14.6. The SMILES string of the molecule is C=CCn1c(S[C@@H](C)C(=O)N2CC(=O)Nc3ccccc32)nnc1C1CCCCC1. The quantitative estimate of drug-likeness (QED) is 0.559. The van der Waals surface area contributed by atoms with E-state index < -0.39 is 5.25 Å². The molecule has 7 nitrogen and oxygen atoms in total. The van der Waals surface area contributed by atoms with Crippen molar-refractivity contribution in [2.75, 3.05) is 16.8 Å². The zero-order chi connectivity index (χ0) is 21.1. The van der Waals surface area contributed by atoms with Crippen LogP contribution in [0.4, 0.5) is 11.4 Å². The van der Waals surface area contributed by atoms with Crippen molar-refractivity contribution in [2.24, 2.45) is 0 Å². The van der Waals surface area contributed by atoms with Gasteiger partial charge in [-0.15, -0.1) is 16.8 Å². The number of nitrogens with one attached hydrogen (secondary N) is 1. The van der Waals surface area contributed by atoms with Crippen molar-refractivity contribution in [1.29, 1.82) is 0 Å². The predicted molar refractivity (Wildman–Crippen MR) is 119 cm³/mol. The summed E-state index contributed by atoms with van der Waals surface area (Å²) in [5, 5.41) is 12.0. The van der Waals surface area contributed by atoms with E-state index in [4.69, 9.17) is 0 Å². The van der Waals surface area contributed by atoms with Crippen LogP contribution >= 0.6 is 11.8 Å². The Morgan fingerprint density at radius 1 is 1.30 bits per heavy atom. The fourth-order valence-electron chi connectivity index (χ4n) is 4.21. The molecule has 0 radical (unpaired) electrons. The lowest BCUT2D eigenvalue weighted by Crippen LogP contribution is -2.45. The fourth-order valence-corrected chi connectivity index (χ4v) is 5.14. The molecular weight excluding hydrogens is 398 g/mol. The van der Waals surface area contributed by atoms with Crippen molar-refractivity contribution in [3.05, 3.63) is 42.7 Å². The van der Waals surface area contributed by atoms with Gasteiger partial charge in [0.15, 0.2) is 5.16 Å². The van der Waals surface area contributed by atoms with E-state index in [2.05, 4.69) is 26.7 Å². The second kappa shape index (κ2) is 9.04. The van der Waals surface area contributed by atoms with Gasteiger partial charge in [0.2, 0.25) is 11.8 Å². The van der Waals surface area contributed by atoms with Gasteiger partial charge in [-0.05, 0) is 31.9 Å². The van der Waals surface area contributed by atoms with E-state index in [0.29, 0.717) is 18.2 Å². The first-order valence-corrected chi connectivity index (χ1v) is 11.4.